The maximum absolute atomic E-state index is 12.9. The van der Waals surface area contributed by atoms with Crippen LogP contribution >= 0.6 is 0 Å². The number of halogens is 1. The normalized spacial score (nSPS) is 10.6. The minimum Gasteiger partial charge on any atom is -0.394 e. The smallest absolute Gasteiger partial charge is 0.274 e. The van der Waals surface area contributed by atoms with E-state index in [2.05, 4.69) is 0 Å². The van der Waals surface area contributed by atoms with Crippen LogP contribution in [0, 0.1) is 5.82 Å². The van der Waals surface area contributed by atoms with Crippen molar-refractivity contribution in [1.82, 2.24) is 4.57 Å². The van der Waals surface area contributed by atoms with E-state index in [1.54, 1.807) is 31.4 Å². The number of methoxy groups -OCH3 is 1. The summed E-state index contributed by atoms with van der Waals surface area (Å²) in [6.07, 6.45) is 0. The minimum atomic E-state index is -0.315. The molecule has 100 valence electrons. The summed E-state index contributed by atoms with van der Waals surface area (Å²) in [5.74, 6) is -0.315. The van der Waals surface area contributed by atoms with Crippen LogP contribution in [-0.2, 0) is 11.3 Å². The van der Waals surface area contributed by atoms with Crippen LogP contribution in [0.1, 0.15) is 0 Å². The first-order valence-electron chi connectivity index (χ1n) is 5.87. The maximum atomic E-state index is 12.9. The average molecular weight is 262 g/mol. The van der Waals surface area contributed by atoms with Crippen molar-refractivity contribution in [3.63, 3.8) is 0 Å². The Morgan fingerprint density at radius 3 is 2.53 bits per heavy atom. The average Bonchev–Trinajstić information content (AvgIpc) is 2.41. The Morgan fingerprint density at radius 2 is 1.89 bits per heavy atom. The number of nitrogens with two attached hydrogens (primary N) is 1. The standard InChI is InChI=1S/C14H15FN2O2/c1-19-9-8-17-13(7-6-12(16)14(17)18)10-2-4-11(15)5-3-10/h2-7H,8-9,16H2,1H3. The summed E-state index contributed by atoms with van der Waals surface area (Å²) >= 11 is 0. The molecule has 0 radical (unpaired) electrons. The zero-order chi connectivity index (χ0) is 13.8. The summed E-state index contributed by atoms with van der Waals surface area (Å²) in [6.45, 7) is 0.796. The van der Waals surface area contributed by atoms with Gasteiger partial charge in [-0.05, 0) is 42.0 Å². The highest BCUT2D eigenvalue weighted by molar-refractivity contribution is 5.61. The maximum Gasteiger partial charge on any atom is 0.274 e. The van der Waals surface area contributed by atoms with Gasteiger partial charge in [0.2, 0.25) is 0 Å². The topological polar surface area (TPSA) is 57.2 Å². The molecule has 0 atom stereocenters. The highest BCUT2D eigenvalue weighted by Gasteiger charge is 2.08. The van der Waals surface area contributed by atoms with Crippen LogP contribution in [0.25, 0.3) is 11.3 Å². The van der Waals surface area contributed by atoms with Gasteiger partial charge < -0.3 is 15.0 Å². The Hall–Kier alpha value is -2.14. The molecule has 0 fully saturated rings. The van der Waals surface area contributed by atoms with E-state index >= 15 is 0 Å². The molecule has 0 amide bonds. The van der Waals surface area contributed by atoms with Crippen LogP contribution in [-0.4, -0.2) is 18.3 Å². The molecule has 2 aromatic rings. The monoisotopic (exact) mass is 262 g/mol. The van der Waals surface area contributed by atoms with Crippen LogP contribution in [0.2, 0.25) is 0 Å². The van der Waals surface area contributed by atoms with Crippen LogP contribution in [0.5, 0.6) is 0 Å². The van der Waals surface area contributed by atoms with Crippen molar-refractivity contribution in [2.75, 3.05) is 19.5 Å². The van der Waals surface area contributed by atoms with Gasteiger partial charge in [-0.25, -0.2) is 4.39 Å². The predicted molar refractivity (Wildman–Crippen MR) is 72.4 cm³/mol. The Morgan fingerprint density at radius 1 is 1.21 bits per heavy atom. The number of ether oxygens (including phenoxy) is 1. The van der Waals surface area contributed by atoms with E-state index in [-0.39, 0.29) is 17.1 Å². The van der Waals surface area contributed by atoms with Crippen molar-refractivity contribution < 1.29 is 9.13 Å². The Labute approximate surface area is 110 Å². The lowest BCUT2D eigenvalue weighted by Gasteiger charge is -2.13. The summed E-state index contributed by atoms with van der Waals surface area (Å²) < 4.78 is 19.5. The summed E-state index contributed by atoms with van der Waals surface area (Å²) in [5.41, 5.74) is 7.00. The first kappa shape index (κ1) is 13.3. The van der Waals surface area contributed by atoms with Gasteiger partial charge in [0.1, 0.15) is 5.82 Å². The zero-order valence-electron chi connectivity index (χ0n) is 10.6. The van der Waals surface area contributed by atoms with Crippen molar-refractivity contribution >= 4 is 5.69 Å². The van der Waals surface area contributed by atoms with Gasteiger partial charge in [-0.15, -0.1) is 0 Å². The number of hydrogen-bond acceptors (Lipinski definition) is 3. The molecule has 1 aromatic heterocycles. The summed E-state index contributed by atoms with van der Waals surface area (Å²) in [5, 5.41) is 0. The Bertz CT molecular complexity index is 620. The summed E-state index contributed by atoms with van der Waals surface area (Å²) in [4.78, 5) is 12.0. The molecule has 2 rings (SSSR count). The molecule has 1 heterocycles. The molecule has 0 aliphatic carbocycles. The predicted octanol–water partition coefficient (Wildman–Crippen LogP) is 1.88. The van der Waals surface area contributed by atoms with Crippen LogP contribution < -0.4 is 11.3 Å². The number of rotatable bonds is 4. The molecular weight excluding hydrogens is 247 g/mol. The molecule has 1 aromatic carbocycles. The third kappa shape index (κ3) is 2.82. The van der Waals surface area contributed by atoms with Crippen molar-refractivity contribution in [1.29, 1.82) is 0 Å². The number of hydrogen-bond donors (Lipinski definition) is 1. The Kier molecular flexibility index (Phi) is 3.97. The lowest BCUT2D eigenvalue weighted by molar-refractivity contribution is 0.186. The van der Waals surface area contributed by atoms with Crippen molar-refractivity contribution in [2.45, 2.75) is 6.54 Å². The molecule has 0 saturated heterocycles. The third-order valence-electron chi connectivity index (χ3n) is 2.86. The van der Waals surface area contributed by atoms with Crippen LogP contribution in [0.4, 0.5) is 10.1 Å². The van der Waals surface area contributed by atoms with Gasteiger partial charge in [0.05, 0.1) is 18.0 Å². The first-order chi connectivity index (χ1) is 9.13. The second kappa shape index (κ2) is 5.67. The van der Waals surface area contributed by atoms with E-state index in [9.17, 15) is 9.18 Å². The highest BCUT2D eigenvalue weighted by atomic mass is 19.1. The van der Waals surface area contributed by atoms with E-state index in [1.807, 2.05) is 0 Å². The number of anilines is 1. The largest absolute Gasteiger partial charge is 0.394 e. The van der Waals surface area contributed by atoms with Gasteiger partial charge in [-0.3, -0.25) is 4.79 Å². The third-order valence-corrected chi connectivity index (χ3v) is 2.86. The van der Waals surface area contributed by atoms with E-state index in [0.29, 0.717) is 18.8 Å². The fourth-order valence-electron chi connectivity index (χ4n) is 1.87. The zero-order valence-corrected chi connectivity index (χ0v) is 10.6. The van der Waals surface area contributed by atoms with Crippen molar-refractivity contribution in [3.8, 4) is 11.3 Å². The molecule has 4 nitrogen and oxygen atoms in total. The van der Waals surface area contributed by atoms with Crippen molar-refractivity contribution in [2.24, 2.45) is 0 Å². The fraction of sp³-hybridized carbons (Fsp3) is 0.214. The minimum absolute atomic E-state index is 0.182. The van der Waals surface area contributed by atoms with Gasteiger partial charge in [-0.2, -0.15) is 0 Å². The summed E-state index contributed by atoms with van der Waals surface area (Å²) in [7, 11) is 1.56. The number of benzene rings is 1. The first-order valence-corrected chi connectivity index (χ1v) is 5.87. The van der Waals surface area contributed by atoms with E-state index < -0.39 is 0 Å². The molecule has 0 bridgehead atoms. The Balaban J connectivity index is 2.52. The quantitative estimate of drug-likeness (QED) is 0.915. The second-order valence-electron chi connectivity index (χ2n) is 4.13. The number of aromatic nitrogens is 1. The molecule has 0 unspecified atom stereocenters. The fourth-order valence-corrected chi connectivity index (χ4v) is 1.87. The SMILES string of the molecule is COCCn1c(-c2ccc(F)cc2)ccc(N)c1=O. The van der Waals surface area contributed by atoms with Crippen LogP contribution in [0.3, 0.4) is 0 Å². The summed E-state index contributed by atoms with van der Waals surface area (Å²) in [6, 6.07) is 9.28. The lowest BCUT2D eigenvalue weighted by Crippen LogP contribution is -2.25. The number of pyridine rings is 1. The van der Waals surface area contributed by atoms with Gasteiger partial charge in [0, 0.05) is 13.7 Å². The van der Waals surface area contributed by atoms with Gasteiger partial charge in [0.15, 0.2) is 0 Å². The molecule has 0 spiro atoms. The van der Waals surface area contributed by atoms with E-state index in [0.717, 1.165) is 5.56 Å². The van der Waals surface area contributed by atoms with E-state index in [1.165, 1.54) is 16.7 Å². The van der Waals surface area contributed by atoms with Gasteiger partial charge >= 0.3 is 0 Å². The van der Waals surface area contributed by atoms with E-state index in [4.69, 9.17) is 10.5 Å². The van der Waals surface area contributed by atoms with Crippen LogP contribution in [0.15, 0.2) is 41.2 Å². The number of nitrogen functional groups attached to an aromatic ring is 1. The molecule has 2 N–H and O–H groups in total. The molecule has 0 aliphatic heterocycles. The molecule has 5 heteroatoms. The van der Waals surface area contributed by atoms with Gasteiger partial charge in [-0.1, -0.05) is 0 Å². The van der Waals surface area contributed by atoms with Crippen molar-refractivity contribution in [3.05, 3.63) is 52.6 Å². The van der Waals surface area contributed by atoms with Gasteiger partial charge in [0.25, 0.3) is 5.56 Å². The number of nitrogens with zero attached hydrogens (tertiary/aromatic N) is 1. The lowest BCUT2D eigenvalue weighted by atomic mass is 10.1. The second-order valence-corrected chi connectivity index (χ2v) is 4.13. The molecule has 0 saturated carbocycles. The molecule has 19 heavy (non-hydrogen) atoms. The molecular formula is C14H15FN2O2. The molecule has 0 aliphatic rings. The highest BCUT2D eigenvalue weighted by Crippen LogP contribution is 2.19.